The van der Waals surface area contributed by atoms with E-state index in [-0.39, 0.29) is 6.54 Å². The largest absolute Gasteiger partial charge is 0.341 e. The van der Waals surface area contributed by atoms with Gasteiger partial charge in [0.2, 0.25) is 15.9 Å². The number of nitrogens with one attached hydrogen (secondary N) is 1. The van der Waals surface area contributed by atoms with Crippen LogP contribution >= 0.6 is 11.6 Å². The van der Waals surface area contributed by atoms with E-state index >= 15 is 0 Å². The lowest BCUT2D eigenvalue weighted by Gasteiger charge is -2.24. The molecule has 6 nitrogen and oxygen atoms in total. The summed E-state index contributed by atoms with van der Waals surface area (Å²) in [7, 11) is -3.70. The minimum absolute atomic E-state index is 0.352. The molecule has 0 radical (unpaired) electrons. The molecule has 4 rings (SSSR count). The van der Waals surface area contributed by atoms with Crippen molar-refractivity contribution in [3.63, 3.8) is 0 Å². The molecule has 166 valence electrons. The molecule has 1 N–H and O–H groups in total. The predicted molar refractivity (Wildman–Crippen MR) is 132 cm³/mol. The van der Waals surface area contributed by atoms with Gasteiger partial charge in [0.05, 0.1) is 11.9 Å². The number of carbonyl (C=O) groups excluding carboxylic acids is 1. The molecule has 1 amide bonds. The average molecular weight is 470 g/mol. The molecule has 0 unspecified atom stereocenters. The van der Waals surface area contributed by atoms with Gasteiger partial charge < -0.3 is 9.88 Å². The Hall–Kier alpha value is -3.03. The Morgan fingerprint density at radius 1 is 1.03 bits per heavy atom. The molecule has 0 aliphatic carbocycles. The smallest absolute Gasteiger partial charge is 0.245 e. The molecule has 0 aliphatic rings. The van der Waals surface area contributed by atoms with Crippen LogP contribution in [0.15, 0.2) is 60.7 Å². The Kier molecular flexibility index (Phi) is 5.88. The molecule has 0 bridgehead atoms. The van der Waals surface area contributed by atoms with Crippen LogP contribution in [-0.4, -0.2) is 31.7 Å². The number of nitrogens with zero attached hydrogens (tertiary/aromatic N) is 2. The van der Waals surface area contributed by atoms with E-state index in [4.69, 9.17) is 11.6 Å². The maximum absolute atomic E-state index is 12.8. The van der Waals surface area contributed by atoms with Gasteiger partial charge in [-0.15, -0.1) is 0 Å². The lowest BCUT2D eigenvalue weighted by Crippen LogP contribution is -2.37. The van der Waals surface area contributed by atoms with Crippen molar-refractivity contribution >= 4 is 60.7 Å². The van der Waals surface area contributed by atoms with Gasteiger partial charge in [0.15, 0.2) is 0 Å². The lowest BCUT2D eigenvalue weighted by molar-refractivity contribution is -0.114. The van der Waals surface area contributed by atoms with Crippen LogP contribution in [0.4, 0.5) is 11.4 Å². The zero-order valence-electron chi connectivity index (χ0n) is 18.1. The third kappa shape index (κ3) is 4.18. The molecule has 32 heavy (non-hydrogen) atoms. The SMILES string of the molecule is CCn1c2ccccc2c2cc(NC(=O)CN(c3cc(Cl)ccc3C)S(C)(=O)=O)ccc21. The molecular weight excluding hydrogens is 446 g/mol. The molecule has 1 heterocycles. The zero-order valence-corrected chi connectivity index (χ0v) is 19.7. The van der Waals surface area contributed by atoms with Crippen molar-refractivity contribution in [2.75, 3.05) is 22.4 Å². The topological polar surface area (TPSA) is 71.4 Å². The first-order valence-electron chi connectivity index (χ1n) is 10.2. The summed E-state index contributed by atoms with van der Waals surface area (Å²) in [4.78, 5) is 12.8. The number of anilines is 2. The van der Waals surface area contributed by atoms with E-state index in [2.05, 4.69) is 28.9 Å². The van der Waals surface area contributed by atoms with Crippen molar-refractivity contribution in [3.05, 3.63) is 71.2 Å². The Morgan fingerprint density at radius 3 is 2.47 bits per heavy atom. The van der Waals surface area contributed by atoms with E-state index in [0.29, 0.717) is 22.0 Å². The molecule has 0 aliphatic heterocycles. The first kappa shape index (κ1) is 22.2. The summed E-state index contributed by atoms with van der Waals surface area (Å²) in [5.74, 6) is -0.437. The fourth-order valence-corrected chi connectivity index (χ4v) is 5.11. The maximum Gasteiger partial charge on any atom is 0.245 e. The van der Waals surface area contributed by atoms with Gasteiger partial charge in [-0.3, -0.25) is 9.10 Å². The molecule has 0 spiro atoms. The number of benzene rings is 3. The first-order chi connectivity index (χ1) is 15.2. The van der Waals surface area contributed by atoms with Gasteiger partial charge in [-0.1, -0.05) is 35.9 Å². The van der Waals surface area contributed by atoms with Gasteiger partial charge in [-0.05, 0) is 55.8 Å². The summed E-state index contributed by atoms with van der Waals surface area (Å²) >= 11 is 6.07. The van der Waals surface area contributed by atoms with Gasteiger partial charge in [0, 0.05) is 39.1 Å². The van der Waals surface area contributed by atoms with Crippen molar-refractivity contribution < 1.29 is 13.2 Å². The van der Waals surface area contributed by atoms with Crippen molar-refractivity contribution in [2.45, 2.75) is 20.4 Å². The highest BCUT2D eigenvalue weighted by Gasteiger charge is 2.23. The van der Waals surface area contributed by atoms with E-state index in [1.807, 2.05) is 30.3 Å². The molecule has 3 aromatic carbocycles. The van der Waals surface area contributed by atoms with E-state index in [1.54, 1.807) is 25.1 Å². The van der Waals surface area contributed by atoms with E-state index in [1.165, 1.54) is 0 Å². The number of hydrogen-bond acceptors (Lipinski definition) is 3. The number of amides is 1. The molecule has 0 fully saturated rings. The fourth-order valence-electron chi connectivity index (χ4n) is 4.04. The van der Waals surface area contributed by atoms with Crippen molar-refractivity contribution in [3.8, 4) is 0 Å². The van der Waals surface area contributed by atoms with Crippen LogP contribution in [0, 0.1) is 6.92 Å². The average Bonchev–Trinajstić information content (AvgIpc) is 3.06. The molecule has 0 atom stereocenters. The quantitative estimate of drug-likeness (QED) is 0.423. The van der Waals surface area contributed by atoms with Crippen molar-refractivity contribution in [1.82, 2.24) is 4.57 Å². The summed E-state index contributed by atoms with van der Waals surface area (Å²) in [5.41, 5.74) is 3.92. The van der Waals surface area contributed by atoms with E-state index < -0.39 is 15.9 Å². The van der Waals surface area contributed by atoms with Crippen LogP contribution in [-0.2, 0) is 21.4 Å². The van der Waals surface area contributed by atoms with E-state index in [9.17, 15) is 13.2 Å². The summed E-state index contributed by atoms with van der Waals surface area (Å²) < 4.78 is 28.2. The number of halogens is 1. The number of fused-ring (bicyclic) bond motifs is 3. The number of rotatable bonds is 6. The number of hydrogen-bond donors (Lipinski definition) is 1. The zero-order chi connectivity index (χ0) is 23.0. The molecular formula is C24H24ClN3O3S. The summed E-state index contributed by atoms with van der Waals surface area (Å²) in [6, 6.07) is 18.8. The lowest BCUT2D eigenvalue weighted by atomic mass is 10.1. The second-order valence-electron chi connectivity index (χ2n) is 7.74. The standard InChI is InChI=1S/C24H24ClN3O3S/c1-4-27-21-8-6-5-7-19(21)20-14-18(11-12-22(20)27)26-24(29)15-28(32(3,30)31)23-13-17(25)10-9-16(23)2/h5-14H,4,15H2,1-3H3,(H,26,29). The highest BCUT2D eigenvalue weighted by Crippen LogP contribution is 2.31. The Morgan fingerprint density at radius 2 is 1.75 bits per heavy atom. The highest BCUT2D eigenvalue weighted by atomic mass is 35.5. The van der Waals surface area contributed by atoms with Crippen molar-refractivity contribution in [1.29, 1.82) is 0 Å². The van der Waals surface area contributed by atoms with Crippen LogP contribution in [0.5, 0.6) is 0 Å². The van der Waals surface area contributed by atoms with Gasteiger partial charge in [-0.2, -0.15) is 0 Å². The Bertz CT molecular complexity index is 1440. The normalized spacial score (nSPS) is 11.8. The minimum Gasteiger partial charge on any atom is -0.341 e. The molecule has 0 saturated heterocycles. The van der Waals surface area contributed by atoms with Crippen LogP contribution in [0.1, 0.15) is 12.5 Å². The number of sulfonamides is 1. The van der Waals surface area contributed by atoms with Crippen molar-refractivity contribution in [2.24, 2.45) is 0 Å². The number of aromatic nitrogens is 1. The summed E-state index contributed by atoms with van der Waals surface area (Å²) in [5, 5.41) is 5.38. The van der Waals surface area contributed by atoms with Gasteiger partial charge >= 0.3 is 0 Å². The van der Waals surface area contributed by atoms with Crippen LogP contribution in [0.25, 0.3) is 21.8 Å². The number of carbonyl (C=O) groups is 1. The maximum atomic E-state index is 12.8. The molecule has 0 saturated carbocycles. The third-order valence-electron chi connectivity index (χ3n) is 5.50. The van der Waals surface area contributed by atoms with Gasteiger partial charge in [-0.25, -0.2) is 8.42 Å². The highest BCUT2D eigenvalue weighted by molar-refractivity contribution is 7.92. The molecule has 8 heteroatoms. The predicted octanol–water partition coefficient (Wildman–Crippen LogP) is 5.18. The van der Waals surface area contributed by atoms with Crippen LogP contribution in [0.2, 0.25) is 5.02 Å². The molecule has 4 aromatic rings. The molecule has 1 aromatic heterocycles. The second-order valence-corrected chi connectivity index (χ2v) is 10.1. The first-order valence-corrected chi connectivity index (χ1v) is 12.5. The monoisotopic (exact) mass is 469 g/mol. The van der Waals surface area contributed by atoms with Gasteiger partial charge in [0.1, 0.15) is 6.54 Å². The number of aryl methyl sites for hydroxylation is 2. The second kappa shape index (κ2) is 8.48. The summed E-state index contributed by atoms with van der Waals surface area (Å²) in [6.45, 7) is 4.35. The van der Waals surface area contributed by atoms with E-state index in [0.717, 1.165) is 38.9 Å². The van der Waals surface area contributed by atoms with Crippen LogP contribution in [0.3, 0.4) is 0 Å². The summed E-state index contributed by atoms with van der Waals surface area (Å²) in [6.07, 6.45) is 1.08. The Labute approximate surface area is 192 Å². The Balaban J connectivity index is 1.65. The fraction of sp³-hybridized carbons (Fsp3) is 0.208. The van der Waals surface area contributed by atoms with Gasteiger partial charge in [0.25, 0.3) is 0 Å². The third-order valence-corrected chi connectivity index (χ3v) is 6.86. The number of para-hydroxylation sites is 1. The van der Waals surface area contributed by atoms with Crippen LogP contribution < -0.4 is 9.62 Å². The minimum atomic E-state index is -3.70.